The van der Waals surface area contributed by atoms with E-state index >= 15 is 0 Å². The number of hydrogen-bond acceptors (Lipinski definition) is 6. The predicted octanol–water partition coefficient (Wildman–Crippen LogP) is 3.42. The number of hydrogen-bond donors (Lipinski definition) is 2. The van der Waals surface area contributed by atoms with Gasteiger partial charge in [0.15, 0.2) is 0 Å². The Hall–Kier alpha value is -3.60. The van der Waals surface area contributed by atoms with Crippen molar-refractivity contribution in [2.75, 3.05) is 23.3 Å². The number of aromatic amines is 1. The Balaban J connectivity index is 1.52. The molecule has 2 heterocycles. The largest absolute Gasteiger partial charge is 0.381 e. The van der Waals surface area contributed by atoms with E-state index in [1.54, 1.807) is 12.3 Å². The second kappa shape index (κ2) is 6.96. The van der Waals surface area contributed by atoms with Crippen molar-refractivity contribution in [3.8, 4) is 6.07 Å². The molecule has 0 bridgehead atoms. The van der Waals surface area contributed by atoms with Crippen LogP contribution in [0.1, 0.15) is 18.4 Å². The van der Waals surface area contributed by atoms with E-state index in [9.17, 15) is 15.4 Å². The van der Waals surface area contributed by atoms with E-state index in [0.717, 1.165) is 48.2 Å². The fourth-order valence-electron chi connectivity index (χ4n) is 3.58. The molecule has 1 aromatic heterocycles. The van der Waals surface area contributed by atoms with Crippen LogP contribution in [0, 0.1) is 21.4 Å². The molecule has 0 aliphatic carbocycles. The quantitative estimate of drug-likeness (QED) is 0.543. The van der Waals surface area contributed by atoms with Crippen LogP contribution in [0.25, 0.3) is 10.9 Å². The summed E-state index contributed by atoms with van der Waals surface area (Å²) in [6.45, 7) is 1.56. The lowest BCUT2D eigenvalue weighted by molar-refractivity contribution is -0.384. The van der Waals surface area contributed by atoms with E-state index in [4.69, 9.17) is 0 Å². The lowest BCUT2D eigenvalue weighted by Crippen LogP contribution is -2.42. The number of nitrogens with zero attached hydrogens (tertiary/aromatic N) is 4. The van der Waals surface area contributed by atoms with Crippen molar-refractivity contribution in [2.45, 2.75) is 18.9 Å². The first-order valence-corrected chi connectivity index (χ1v) is 8.77. The number of nitrogens with one attached hydrogen (secondary N) is 2. The third-order valence-corrected chi connectivity index (χ3v) is 4.88. The molecule has 1 unspecified atom stereocenters. The molecule has 4 rings (SSSR count). The molecule has 3 aromatic rings. The van der Waals surface area contributed by atoms with Crippen LogP contribution < -0.4 is 10.2 Å². The van der Waals surface area contributed by atoms with Crippen LogP contribution in [0.2, 0.25) is 0 Å². The minimum Gasteiger partial charge on any atom is -0.381 e. The summed E-state index contributed by atoms with van der Waals surface area (Å²) in [7, 11) is 0. The highest BCUT2D eigenvalue weighted by Gasteiger charge is 2.23. The number of H-pyrrole nitrogens is 1. The van der Waals surface area contributed by atoms with Gasteiger partial charge >= 0.3 is 0 Å². The van der Waals surface area contributed by atoms with E-state index in [2.05, 4.69) is 32.5 Å². The van der Waals surface area contributed by atoms with Crippen LogP contribution in [-0.2, 0) is 0 Å². The van der Waals surface area contributed by atoms with Crippen LogP contribution in [0.3, 0.4) is 0 Å². The molecule has 1 atom stereocenters. The van der Waals surface area contributed by atoms with Crippen molar-refractivity contribution < 1.29 is 4.92 Å². The monoisotopic (exact) mass is 362 g/mol. The summed E-state index contributed by atoms with van der Waals surface area (Å²) in [5, 5.41) is 31.9. The summed E-state index contributed by atoms with van der Waals surface area (Å²) in [6, 6.07) is 12.9. The van der Waals surface area contributed by atoms with Gasteiger partial charge in [0, 0.05) is 42.3 Å². The molecule has 1 saturated heterocycles. The SMILES string of the molecule is N#Cc1cc([N+](=O)[O-])ccc1N1CCCC(Nc2ccc3[nH]ncc3c2)C1. The van der Waals surface area contributed by atoms with E-state index in [0.29, 0.717) is 5.56 Å². The maximum Gasteiger partial charge on any atom is 0.270 e. The van der Waals surface area contributed by atoms with E-state index in [-0.39, 0.29) is 11.7 Å². The Labute approximate surface area is 155 Å². The van der Waals surface area contributed by atoms with Crippen LogP contribution in [-0.4, -0.2) is 34.3 Å². The molecule has 8 nitrogen and oxygen atoms in total. The van der Waals surface area contributed by atoms with Gasteiger partial charge in [0.05, 0.1) is 27.9 Å². The van der Waals surface area contributed by atoms with Crippen LogP contribution in [0.15, 0.2) is 42.6 Å². The fourth-order valence-corrected chi connectivity index (χ4v) is 3.58. The predicted molar refractivity (Wildman–Crippen MR) is 103 cm³/mol. The highest BCUT2D eigenvalue weighted by atomic mass is 16.6. The van der Waals surface area contributed by atoms with Gasteiger partial charge in [-0.2, -0.15) is 10.4 Å². The van der Waals surface area contributed by atoms with Crippen molar-refractivity contribution in [3.05, 3.63) is 58.3 Å². The summed E-state index contributed by atoms with van der Waals surface area (Å²) in [4.78, 5) is 12.6. The lowest BCUT2D eigenvalue weighted by atomic mass is 10.0. The minimum atomic E-state index is -0.475. The third-order valence-electron chi connectivity index (χ3n) is 4.88. The molecule has 27 heavy (non-hydrogen) atoms. The molecule has 0 saturated carbocycles. The Morgan fingerprint density at radius 1 is 1.33 bits per heavy atom. The first-order valence-electron chi connectivity index (χ1n) is 8.77. The number of anilines is 2. The highest BCUT2D eigenvalue weighted by molar-refractivity contribution is 5.81. The Morgan fingerprint density at radius 3 is 3.04 bits per heavy atom. The van der Waals surface area contributed by atoms with Gasteiger partial charge in [-0.15, -0.1) is 0 Å². The lowest BCUT2D eigenvalue weighted by Gasteiger charge is -2.35. The zero-order chi connectivity index (χ0) is 18.8. The van der Waals surface area contributed by atoms with Crippen molar-refractivity contribution in [1.82, 2.24) is 10.2 Å². The van der Waals surface area contributed by atoms with Crippen LogP contribution in [0.4, 0.5) is 17.1 Å². The van der Waals surface area contributed by atoms with Crippen molar-refractivity contribution in [2.24, 2.45) is 0 Å². The topological polar surface area (TPSA) is 111 Å². The average Bonchev–Trinajstić information content (AvgIpc) is 3.15. The van der Waals surface area contributed by atoms with Crippen LogP contribution in [0.5, 0.6) is 0 Å². The molecule has 1 fully saturated rings. The molecule has 136 valence electrons. The number of fused-ring (bicyclic) bond motifs is 1. The van der Waals surface area contributed by atoms with Gasteiger partial charge in [-0.1, -0.05) is 0 Å². The van der Waals surface area contributed by atoms with Gasteiger partial charge in [0.1, 0.15) is 6.07 Å². The number of nitriles is 1. The van der Waals surface area contributed by atoms with Crippen molar-refractivity contribution in [3.63, 3.8) is 0 Å². The van der Waals surface area contributed by atoms with E-state index in [1.807, 2.05) is 12.1 Å². The molecule has 2 aromatic carbocycles. The Bertz CT molecular complexity index is 1040. The van der Waals surface area contributed by atoms with Gasteiger partial charge in [-0.25, -0.2) is 0 Å². The third kappa shape index (κ3) is 3.40. The Morgan fingerprint density at radius 2 is 2.22 bits per heavy atom. The molecule has 0 amide bonds. The standard InChI is InChI=1S/C19H18N6O2/c20-10-13-9-17(25(26)27)4-6-19(13)24-7-1-2-16(12-24)22-15-3-5-18-14(8-15)11-21-23-18/h3-6,8-9,11,16,22H,1-2,7,12H2,(H,21,23). The molecule has 8 heteroatoms. The maximum atomic E-state index is 11.0. The number of nitro groups is 1. The zero-order valence-electron chi connectivity index (χ0n) is 14.6. The summed E-state index contributed by atoms with van der Waals surface area (Å²) in [5.74, 6) is 0. The summed E-state index contributed by atoms with van der Waals surface area (Å²) in [5.41, 5.74) is 3.05. The van der Waals surface area contributed by atoms with Gasteiger partial charge < -0.3 is 10.2 Å². The molecular formula is C19H18N6O2. The summed E-state index contributed by atoms with van der Waals surface area (Å²) in [6.07, 6.45) is 3.80. The number of piperidine rings is 1. The molecule has 0 spiro atoms. The van der Waals surface area contributed by atoms with E-state index < -0.39 is 4.92 Å². The van der Waals surface area contributed by atoms with Gasteiger partial charge in [0.2, 0.25) is 0 Å². The average molecular weight is 362 g/mol. The highest BCUT2D eigenvalue weighted by Crippen LogP contribution is 2.28. The summed E-state index contributed by atoms with van der Waals surface area (Å²) >= 11 is 0. The second-order valence-electron chi connectivity index (χ2n) is 6.67. The number of benzene rings is 2. The smallest absolute Gasteiger partial charge is 0.270 e. The van der Waals surface area contributed by atoms with Gasteiger partial charge in [-0.3, -0.25) is 15.2 Å². The first kappa shape index (κ1) is 16.8. The number of aromatic nitrogens is 2. The zero-order valence-corrected chi connectivity index (χ0v) is 14.6. The molecule has 0 radical (unpaired) electrons. The van der Waals surface area contributed by atoms with Gasteiger partial charge in [0.25, 0.3) is 5.69 Å². The van der Waals surface area contributed by atoms with Gasteiger partial charge in [-0.05, 0) is 37.1 Å². The van der Waals surface area contributed by atoms with Crippen molar-refractivity contribution in [1.29, 1.82) is 5.26 Å². The second-order valence-corrected chi connectivity index (χ2v) is 6.67. The summed E-state index contributed by atoms with van der Waals surface area (Å²) < 4.78 is 0. The first-order chi connectivity index (χ1) is 13.1. The fraction of sp³-hybridized carbons (Fsp3) is 0.263. The Kier molecular flexibility index (Phi) is 4.34. The normalized spacial score (nSPS) is 16.9. The van der Waals surface area contributed by atoms with Crippen molar-refractivity contribution >= 4 is 28.0 Å². The molecular weight excluding hydrogens is 344 g/mol. The number of non-ortho nitro benzene ring substituents is 1. The van der Waals surface area contributed by atoms with Crippen LogP contribution >= 0.6 is 0 Å². The van der Waals surface area contributed by atoms with E-state index in [1.165, 1.54) is 12.1 Å². The maximum absolute atomic E-state index is 11.0. The molecule has 2 N–H and O–H groups in total. The number of rotatable bonds is 4. The molecule has 1 aliphatic rings. The molecule has 1 aliphatic heterocycles. The minimum absolute atomic E-state index is 0.0598. The number of nitro benzene ring substituents is 1.